The molecule has 6 nitrogen and oxygen atoms in total. The van der Waals surface area contributed by atoms with Crippen molar-refractivity contribution in [3.63, 3.8) is 0 Å². The minimum Gasteiger partial charge on any atom is -0.207 e. The molecule has 0 bridgehead atoms. The van der Waals surface area contributed by atoms with E-state index in [2.05, 4.69) is 0 Å². The Labute approximate surface area is 167 Å². The Morgan fingerprint density at radius 3 is 1.81 bits per heavy atom. The van der Waals surface area contributed by atoms with Gasteiger partial charge < -0.3 is 0 Å². The second kappa shape index (κ2) is 7.65. The molecule has 0 amide bonds. The number of hydrogen-bond acceptors (Lipinski definition) is 4. The van der Waals surface area contributed by atoms with Gasteiger partial charge in [-0.15, -0.1) is 0 Å². The summed E-state index contributed by atoms with van der Waals surface area (Å²) < 4.78 is 67.0. The highest BCUT2D eigenvalue weighted by Gasteiger charge is 2.35. The molecule has 1 saturated heterocycles. The van der Waals surface area contributed by atoms with Crippen molar-refractivity contribution < 1.29 is 21.2 Å². The van der Waals surface area contributed by atoms with Crippen molar-refractivity contribution in [2.75, 3.05) is 26.2 Å². The summed E-state index contributed by atoms with van der Waals surface area (Å²) in [6.45, 7) is -0.341. The van der Waals surface area contributed by atoms with E-state index in [0.717, 1.165) is 16.4 Å². The Hall–Kier alpha value is -1.23. The summed E-state index contributed by atoms with van der Waals surface area (Å²) in [6, 6.07) is 9.35. The minimum atomic E-state index is -4.10. The molecule has 1 aliphatic heterocycles. The van der Waals surface area contributed by atoms with Crippen LogP contribution in [0.4, 0.5) is 4.39 Å². The molecule has 146 valence electrons. The average Bonchev–Trinajstić information content (AvgIpc) is 2.61. The maximum absolute atomic E-state index is 14.0. The molecule has 0 aliphatic carbocycles. The SMILES string of the molecule is O=S(=O)(c1ccc(Cl)cc1F)N1CCN(S(=O)(=O)c2ccccc2Cl)CC1. The summed E-state index contributed by atoms with van der Waals surface area (Å²) in [6.07, 6.45) is 0. The minimum absolute atomic E-state index is 0.0354. The summed E-state index contributed by atoms with van der Waals surface area (Å²) in [7, 11) is -7.95. The first-order valence-corrected chi connectivity index (χ1v) is 11.5. The second-order valence-electron chi connectivity index (χ2n) is 5.81. The van der Waals surface area contributed by atoms with E-state index in [1.54, 1.807) is 12.1 Å². The van der Waals surface area contributed by atoms with Crippen LogP contribution < -0.4 is 0 Å². The molecule has 0 aromatic heterocycles. The lowest BCUT2D eigenvalue weighted by atomic mass is 10.3. The molecule has 0 saturated carbocycles. The van der Waals surface area contributed by atoms with E-state index in [9.17, 15) is 21.2 Å². The molecule has 11 heteroatoms. The average molecular weight is 453 g/mol. The third-order valence-corrected chi connectivity index (χ3v) is 8.73. The fraction of sp³-hybridized carbons (Fsp3) is 0.250. The van der Waals surface area contributed by atoms with Crippen LogP contribution in [0.5, 0.6) is 0 Å². The molecule has 0 atom stereocenters. The number of nitrogens with zero attached hydrogens (tertiary/aromatic N) is 2. The summed E-state index contributed by atoms with van der Waals surface area (Å²) in [5.41, 5.74) is 0. The summed E-state index contributed by atoms with van der Waals surface area (Å²) in [4.78, 5) is -0.527. The third-order valence-electron chi connectivity index (χ3n) is 4.16. The molecule has 2 aromatic carbocycles. The van der Waals surface area contributed by atoms with Gasteiger partial charge in [-0.05, 0) is 30.3 Å². The number of piperazine rings is 1. The lowest BCUT2D eigenvalue weighted by Crippen LogP contribution is -2.50. The number of benzene rings is 2. The van der Waals surface area contributed by atoms with E-state index in [-0.39, 0.29) is 41.1 Å². The van der Waals surface area contributed by atoms with Gasteiger partial charge in [0.05, 0.1) is 5.02 Å². The highest BCUT2D eigenvalue weighted by molar-refractivity contribution is 7.89. The highest BCUT2D eigenvalue weighted by atomic mass is 35.5. The second-order valence-corrected chi connectivity index (χ2v) is 10.5. The van der Waals surface area contributed by atoms with Crippen LogP contribution in [0.25, 0.3) is 0 Å². The van der Waals surface area contributed by atoms with Gasteiger partial charge in [0.1, 0.15) is 15.6 Å². The Morgan fingerprint density at radius 2 is 1.30 bits per heavy atom. The van der Waals surface area contributed by atoms with Gasteiger partial charge in [0, 0.05) is 31.2 Å². The molecule has 2 aromatic rings. The summed E-state index contributed by atoms with van der Waals surface area (Å²) >= 11 is 11.6. The summed E-state index contributed by atoms with van der Waals surface area (Å²) in [5.74, 6) is -0.950. The fourth-order valence-electron chi connectivity index (χ4n) is 2.77. The Kier molecular flexibility index (Phi) is 5.81. The van der Waals surface area contributed by atoms with Crippen LogP contribution >= 0.6 is 23.2 Å². The van der Waals surface area contributed by atoms with Crippen LogP contribution in [-0.4, -0.2) is 51.6 Å². The molecule has 0 radical (unpaired) electrons. The van der Waals surface area contributed by atoms with Crippen molar-refractivity contribution >= 4 is 43.2 Å². The first-order valence-electron chi connectivity index (χ1n) is 7.84. The fourth-order valence-corrected chi connectivity index (χ4v) is 6.31. The topological polar surface area (TPSA) is 74.8 Å². The van der Waals surface area contributed by atoms with E-state index in [1.165, 1.54) is 22.5 Å². The maximum Gasteiger partial charge on any atom is 0.246 e. The van der Waals surface area contributed by atoms with Crippen LogP contribution in [0.1, 0.15) is 0 Å². The number of rotatable bonds is 4. The van der Waals surface area contributed by atoms with Crippen molar-refractivity contribution in [2.24, 2.45) is 0 Å². The highest BCUT2D eigenvalue weighted by Crippen LogP contribution is 2.27. The van der Waals surface area contributed by atoms with Gasteiger partial charge >= 0.3 is 0 Å². The van der Waals surface area contributed by atoms with Gasteiger partial charge in [-0.2, -0.15) is 8.61 Å². The van der Waals surface area contributed by atoms with Crippen LogP contribution in [0, 0.1) is 5.82 Å². The molecular formula is C16H15Cl2FN2O4S2. The number of hydrogen-bond donors (Lipinski definition) is 0. The van der Waals surface area contributed by atoms with Crippen LogP contribution in [-0.2, 0) is 20.0 Å². The van der Waals surface area contributed by atoms with Gasteiger partial charge in [0.15, 0.2) is 0 Å². The van der Waals surface area contributed by atoms with Crippen LogP contribution in [0.2, 0.25) is 10.0 Å². The van der Waals surface area contributed by atoms with E-state index in [0.29, 0.717) is 0 Å². The standard InChI is InChI=1S/C16H15Cl2FN2O4S2/c17-12-5-6-16(14(19)11-12)27(24,25)21-9-7-20(8-10-21)26(22,23)15-4-2-1-3-13(15)18/h1-6,11H,7-10H2. The largest absolute Gasteiger partial charge is 0.246 e. The predicted molar refractivity (Wildman–Crippen MR) is 100 cm³/mol. The molecular weight excluding hydrogens is 438 g/mol. The molecule has 0 spiro atoms. The van der Waals surface area contributed by atoms with E-state index >= 15 is 0 Å². The zero-order chi connectivity index (χ0) is 19.8. The Bertz CT molecular complexity index is 1070. The zero-order valence-electron chi connectivity index (χ0n) is 13.8. The Morgan fingerprint density at radius 1 is 0.778 bits per heavy atom. The normalized spacial score (nSPS) is 17.1. The van der Waals surface area contributed by atoms with Gasteiger partial charge in [0.25, 0.3) is 0 Å². The maximum atomic E-state index is 14.0. The van der Waals surface area contributed by atoms with E-state index in [4.69, 9.17) is 23.2 Å². The lowest BCUT2D eigenvalue weighted by molar-refractivity contribution is 0.272. The lowest BCUT2D eigenvalue weighted by Gasteiger charge is -2.33. The number of halogens is 3. The first-order chi connectivity index (χ1) is 12.6. The molecule has 1 aliphatic rings. The van der Waals surface area contributed by atoms with Gasteiger partial charge in [0.2, 0.25) is 20.0 Å². The monoisotopic (exact) mass is 452 g/mol. The van der Waals surface area contributed by atoms with Crippen molar-refractivity contribution in [1.82, 2.24) is 8.61 Å². The molecule has 1 heterocycles. The molecule has 0 N–H and O–H groups in total. The van der Waals surface area contributed by atoms with Gasteiger partial charge in [-0.25, -0.2) is 21.2 Å². The molecule has 3 rings (SSSR count). The predicted octanol–water partition coefficient (Wildman–Crippen LogP) is 2.83. The third kappa shape index (κ3) is 3.98. The van der Waals surface area contributed by atoms with Gasteiger partial charge in [-0.1, -0.05) is 35.3 Å². The van der Waals surface area contributed by atoms with Crippen molar-refractivity contribution in [3.05, 3.63) is 58.3 Å². The first kappa shape index (κ1) is 20.5. The van der Waals surface area contributed by atoms with Gasteiger partial charge in [-0.3, -0.25) is 0 Å². The quantitative estimate of drug-likeness (QED) is 0.714. The smallest absolute Gasteiger partial charge is 0.207 e. The van der Waals surface area contributed by atoms with Crippen LogP contribution in [0.15, 0.2) is 52.3 Å². The summed E-state index contributed by atoms with van der Waals surface area (Å²) in [5, 5.41) is 0.179. The molecule has 27 heavy (non-hydrogen) atoms. The Balaban J connectivity index is 1.80. The molecule has 0 unspecified atom stereocenters. The molecule has 1 fully saturated rings. The van der Waals surface area contributed by atoms with Crippen molar-refractivity contribution in [3.8, 4) is 0 Å². The van der Waals surface area contributed by atoms with Crippen LogP contribution in [0.3, 0.4) is 0 Å². The van der Waals surface area contributed by atoms with E-state index < -0.39 is 30.8 Å². The van der Waals surface area contributed by atoms with Crippen molar-refractivity contribution in [2.45, 2.75) is 9.79 Å². The zero-order valence-corrected chi connectivity index (χ0v) is 17.0. The van der Waals surface area contributed by atoms with E-state index in [1.807, 2.05) is 0 Å². The number of sulfonamides is 2. The van der Waals surface area contributed by atoms with Crippen molar-refractivity contribution in [1.29, 1.82) is 0 Å².